The van der Waals surface area contributed by atoms with Crippen LogP contribution in [-0.4, -0.2) is 41.4 Å². The molecule has 0 radical (unpaired) electrons. The smallest absolute Gasteiger partial charge is 0.141 e. The molecule has 1 saturated heterocycles. The number of nitrogens with zero attached hydrogens (tertiary/aromatic N) is 1. The Morgan fingerprint density at radius 3 is 2.76 bits per heavy atom. The van der Waals surface area contributed by atoms with Gasteiger partial charge in [-0.15, -0.1) is 0 Å². The van der Waals surface area contributed by atoms with Crippen LogP contribution in [0.3, 0.4) is 0 Å². The third-order valence-corrected chi connectivity index (χ3v) is 9.72. The maximum Gasteiger partial charge on any atom is 0.141 e. The van der Waals surface area contributed by atoms with E-state index in [0.717, 1.165) is 75.7 Å². The van der Waals surface area contributed by atoms with E-state index in [1.165, 1.54) is 0 Å². The summed E-state index contributed by atoms with van der Waals surface area (Å²) < 4.78 is 0. The number of aliphatic hydroxyl groups is 1. The first-order valence-electron chi connectivity index (χ1n) is 11.6. The number of ketones is 1. The fourth-order valence-electron chi connectivity index (χ4n) is 7.75. The molecule has 0 unspecified atom stereocenters. The van der Waals surface area contributed by atoms with Crippen LogP contribution in [0.15, 0.2) is 17.3 Å². The molecule has 4 saturated carbocycles. The highest BCUT2D eigenvalue weighted by atomic mass is 16.6. The van der Waals surface area contributed by atoms with E-state index in [0.29, 0.717) is 30.0 Å². The molecule has 0 aromatic carbocycles. The van der Waals surface area contributed by atoms with Crippen molar-refractivity contribution < 1.29 is 14.7 Å². The number of rotatable bonds is 2. The van der Waals surface area contributed by atoms with Gasteiger partial charge in [-0.1, -0.05) is 25.6 Å². The molecular weight excluding hydrogens is 364 g/mol. The zero-order valence-electron chi connectivity index (χ0n) is 18.0. The van der Waals surface area contributed by atoms with E-state index >= 15 is 0 Å². The van der Waals surface area contributed by atoms with Crippen LogP contribution >= 0.6 is 0 Å². The summed E-state index contributed by atoms with van der Waals surface area (Å²) in [5.41, 5.74) is 0.706. The summed E-state index contributed by atoms with van der Waals surface area (Å²) in [6, 6.07) is 0. The molecule has 5 aliphatic rings. The van der Waals surface area contributed by atoms with Crippen molar-refractivity contribution in [3.05, 3.63) is 12.2 Å². The first kappa shape index (κ1) is 19.7. The van der Waals surface area contributed by atoms with E-state index in [2.05, 4.69) is 30.9 Å². The Kier molecular flexibility index (Phi) is 4.53. The lowest BCUT2D eigenvalue weighted by Crippen LogP contribution is -2.63. The van der Waals surface area contributed by atoms with Crippen molar-refractivity contribution in [2.45, 2.75) is 83.3 Å². The number of Topliss-reactive ketones (excluding diaryl/α,β-unsaturated/α-hetero) is 1. The lowest BCUT2D eigenvalue weighted by Gasteiger charge is -2.63. The maximum atomic E-state index is 12.6. The molecule has 5 fully saturated rings. The topological polar surface area (TPSA) is 70.9 Å². The van der Waals surface area contributed by atoms with Gasteiger partial charge in [0.1, 0.15) is 11.9 Å². The third kappa shape index (κ3) is 2.72. The van der Waals surface area contributed by atoms with E-state index in [9.17, 15) is 9.90 Å². The first-order valence-corrected chi connectivity index (χ1v) is 11.6. The fraction of sp³-hybridized carbons (Fsp3) is 0.833. The number of carbonyl (C=O) groups excluding carboxylic acids is 1. The van der Waals surface area contributed by atoms with Gasteiger partial charge in [0.25, 0.3) is 0 Å². The molecule has 160 valence electrons. The van der Waals surface area contributed by atoms with Gasteiger partial charge in [0.05, 0.1) is 11.3 Å². The number of nitrogens with one attached hydrogen (secondary N) is 1. The average Bonchev–Trinajstić information content (AvgIpc) is 3.31. The molecule has 5 heteroatoms. The quantitative estimate of drug-likeness (QED) is 0.549. The molecule has 5 nitrogen and oxygen atoms in total. The minimum atomic E-state index is -0.904. The molecule has 0 spiro atoms. The molecule has 29 heavy (non-hydrogen) atoms. The van der Waals surface area contributed by atoms with Crippen LogP contribution in [0, 0.1) is 28.6 Å². The molecule has 0 aromatic rings. The summed E-state index contributed by atoms with van der Waals surface area (Å²) in [7, 11) is 0. The van der Waals surface area contributed by atoms with E-state index in [1.807, 2.05) is 0 Å². The summed E-state index contributed by atoms with van der Waals surface area (Å²) in [6.07, 6.45) is 8.14. The Balaban J connectivity index is 1.40. The molecule has 1 aliphatic heterocycles. The highest BCUT2D eigenvalue weighted by Gasteiger charge is 2.65. The van der Waals surface area contributed by atoms with Gasteiger partial charge in [-0.25, -0.2) is 0 Å². The SMILES string of the molecule is C=C1C[C@H]2[C@@H]3CCC(=O)[C@@]3(C)CC[C@@H]2[C@@]2(C)CC/C(=N\O[C@H]3CCNC3)C[C@]12O. The Bertz CT molecular complexity index is 757. The largest absolute Gasteiger partial charge is 0.391 e. The van der Waals surface area contributed by atoms with Crippen molar-refractivity contribution in [2.75, 3.05) is 13.1 Å². The van der Waals surface area contributed by atoms with E-state index in [1.54, 1.807) is 0 Å². The van der Waals surface area contributed by atoms with Crippen LogP contribution in [0.4, 0.5) is 0 Å². The molecule has 0 amide bonds. The molecule has 0 aromatic heterocycles. The molecule has 4 aliphatic carbocycles. The van der Waals surface area contributed by atoms with Gasteiger partial charge in [0.15, 0.2) is 0 Å². The number of hydrogen-bond acceptors (Lipinski definition) is 5. The Morgan fingerprint density at radius 1 is 1.17 bits per heavy atom. The summed E-state index contributed by atoms with van der Waals surface area (Å²) in [4.78, 5) is 18.4. The van der Waals surface area contributed by atoms with Crippen molar-refractivity contribution in [3.63, 3.8) is 0 Å². The van der Waals surface area contributed by atoms with Crippen molar-refractivity contribution in [1.82, 2.24) is 5.32 Å². The van der Waals surface area contributed by atoms with Crippen molar-refractivity contribution in [2.24, 2.45) is 33.7 Å². The van der Waals surface area contributed by atoms with Gasteiger partial charge in [-0.05, 0) is 68.4 Å². The van der Waals surface area contributed by atoms with Gasteiger partial charge in [-0.3, -0.25) is 4.79 Å². The Labute approximate surface area is 174 Å². The number of carbonyl (C=O) groups is 1. The molecule has 1 heterocycles. The van der Waals surface area contributed by atoms with Crippen molar-refractivity contribution in [3.8, 4) is 0 Å². The zero-order chi connectivity index (χ0) is 20.4. The highest BCUT2D eigenvalue weighted by molar-refractivity contribution is 5.88. The standard InChI is InChI=1S/C24H36N2O3/c1-15-12-18-19-4-5-21(27)22(19,2)9-7-20(18)23(3)10-6-16(13-24(15,23)28)26-29-17-8-11-25-14-17/h17-20,25,28H,1,4-14H2,2-3H3/b26-16+/t17-,18-,19-,20-,22-,23+,24-/m0/s1. The summed E-state index contributed by atoms with van der Waals surface area (Å²) in [5, 5.41) is 19.7. The minimum Gasteiger partial charge on any atom is -0.391 e. The van der Waals surface area contributed by atoms with Crippen molar-refractivity contribution in [1.29, 1.82) is 0 Å². The second-order valence-electron chi connectivity index (χ2n) is 10.9. The normalized spacial score (nSPS) is 50.9. The lowest BCUT2D eigenvalue weighted by molar-refractivity contribution is -0.161. The summed E-state index contributed by atoms with van der Waals surface area (Å²) in [5.74, 6) is 1.87. The van der Waals surface area contributed by atoms with Crippen LogP contribution in [0.25, 0.3) is 0 Å². The monoisotopic (exact) mass is 400 g/mol. The highest BCUT2D eigenvalue weighted by Crippen LogP contribution is 2.67. The second-order valence-corrected chi connectivity index (χ2v) is 10.9. The minimum absolute atomic E-state index is 0.141. The molecular formula is C24H36N2O3. The number of hydrogen-bond donors (Lipinski definition) is 2. The number of fused-ring (bicyclic) bond motifs is 5. The van der Waals surface area contributed by atoms with Crippen LogP contribution in [-0.2, 0) is 9.63 Å². The summed E-state index contributed by atoms with van der Waals surface area (Å²) >= 11 is 0. The van der Waals surface area contributed by atoms with E-state index in [4.69, 9.17) is 4.84 Å². The fourth-order valence-corrected chi connectivity index (χ4v) is 7.75. The maximum absolute atomic E-state index is 12.6. The van der Waals surface area contributed by atoms with Crippen LogP contribution in [0.2, 0.25) is 0 Å². The first-order chi connectivity index (χ1) is 13.8. The van der Waals surface area contributed by atoms with Crippen molar-refractivity contribution >= 4 is 11.5 Å². The van der Waals surface area contributed by atoms with E-state index in [-0.39, 0.29) is 16.9 Å². The molecule has 0 bridgehead atoms. The summed E-state index contributed by atoms with van der Waals surface area (Å²) in [6.45, 7) is 10.7. The second kappa shape index (κ2) is 6.65. The third-order valence-electron chi connectivity index (χ3n) is 9.72. The lowest BCUT2D eigenvalue weighted by atomic mass is 9.43. The molecule has 5 rings (SSSR count). The Hall–Kier alpha value is -1.20. The number of oxime groups is 1. The van der Waals surface area contributed by atoms with Gasteiger partial charge in [-0.2, -0.15) is 0 Å². The zero-order valence-corrected chi connectivity index (χ0v) is 18.0. The van der Waals surface area contributed by atoms with Gasteiger partial charge < -0.3 is 15.3 Å². The molecule has 7 atom stereocenters. The predicted octanol–water partition coefficient (Wildman–Crippen LogP) is 3.61. The average molecular weight is 401 g/mol. The van der Waals surface area contributed by atoms with Gasteiger partial charge in [0, 0.05) is 36.6 Å². The van der Waals surface area contributed by atoms with E-state index < -0.39 is 5.60 Å². The van der Waals surface area contributed by atoms with Gasteiger partial charge in [0.2, 0.25) is 0 Å². The van der Waals surface area contributed by atoms with Gasteiger partial charge >= 0.3 is 0 Å². The van der Waals surface area contributed by atoms with Crippen LogP contribution in [0.5, 0.6) is 0 Å². The predicted molar refractivity (Wildman–Crippen MR) is 113 cm³/mol. The van der Waals surface area contributed by atoms with Crippen LogP contribution in [0.1, 0.15) is 71.6 Å². The Morgan fingerprint density at radius 2 is 2.00 bits per heavy atom. The molecule has 2 N–H and O–H groups in total. The van der Waals surface area contributed by atoms with Crippen LogP contribution < -0.4 is 5.32 Å².